The van der Waals surface area contributed by atoms with Crippen LogP contribution in [0.5, 0.6) is 0 Å². The molecule has 2 heteroatoms. The molecule has 0 atom stereocenters. The molecule has 1 fully saturated rings. The Morgan fingerprint density at radius 3 is 1.43 bits per heavy atom. The quantitative estimate of drug-likeness (QED) is 0.0879. The number of hydrogen-bond donors (Lipinski definition) is 1. The molecule has 0 aromatic heterocycles. The van der Waals surface area contributed by atoms with Crippen molar-refractivity contribution in [2.24, 2.45) is 5.92 Å². The van der Waals surface area contributed by atoms with Crippen LogP contribution in [0.1, 0.15) is 201 Å². The van der Waals surface area contributed by atoms with Gasteiger partial charge in [0.05, 0.1) is 0 Å². The summed E-state index contributed by atoms with van der Waals surface area (Å²) in [7, 11) is 0. The van der Waals surface area contributed by atoms with E-state index < -0.39 is 0 Å². The summed E-state index contributed by atoms with van der Waals surface area (Å²) in [5, 5.41) is 3.83. The second-order valence-corrected chi connectivity index (χ2v) is 13.6. The zero-order chi connectivity index (χ0) is 28.9. The maximum atomic E-state index is 4.58. The topological polar surface area (TPSA) is 15.3 Å². The predicted molar refractivity (Wildman–Crippen MR) is 182 cm³/mol. The van der Waals surface area contributed by atoms with Crippen molar-refractivity contribution >= 4 is 0 Å². The van der Waals surface area contributed by atoms with Crippen LogP contribution >= 0.6 is 0 Å². The SMILES string of the molecule is C=C(CCCCCCCCCNC1CCC(C)CC1)N(CCCCCCCCCC)CCCCCCCCCC. The molecular formula is C38H76N2. The van der Waals surface area contributed by atoms with E-state index in [2.05, 4.69) is 37.6 Å². The normalized spacial score (nSPS) is 17.4. The summed E-state index contributed by atoms with van der Waals surface area (Å²) in [5.74, 6) is 0.961. The summed E-state index contributed by atoms with van der Waals surface area (Å²) in [6.07, 6.45) is 39.2. The van der Waals surface area contributed by atoms with Crippen LogP contribution in [0.25, 0.3) is 0 Å². The van der Waals surface area contributed by atoms with Crippen LogP contribution < -0.4 is 5.32 Å². The molecule has 0 bridgehead atoms. The molecule has 0 amide bonds. The number of unbranched alkanes of at least 4 members (excludes halogenated alkanes) is 20. The predicted octanol–water partition coefficient (Wildman–Crippen LogP) is 12.4. The highest BCUT2D eigenvalue weighted by Crippen LogP contribution is 2.23. The molecule has 0 unspecified atom stereocenters. The Labute approximate surface area is 254 Å². The summed E-state index contributed by atoms with van der Waals surface area (Å²) in [6.45, 7) is 15.4. The molecule has 0 saturated heterocycles. The van der Waals surface area contributed by atoms with Crippen molar-refractivity contribution in [3.8, 4) is 0 Å². The minimum atomic E-state index is 0.815. The fourth-order valence-electron chi connectivity index (χ4n) is 6.57. The summed E-state index contributed by atoms with van der Waals surface area (Å²) in [5.41, 5.74) is 1.44. The molecular weight excluding hydrogens is 484 g/mol. The third kappa shape index (κ3) is 23.1. The number of nitrogens with one attached hydrogen (secondary N) is 1. The molecule has 2 nitrogen and oxygen atoms in total. The highest BCUT2D eigenvalue weighted by Gasteiger charge is 2.17. The van der Waals surface area contributed by atoms with Gasteiger partial charge >= 0.3 is 0 Å². The van der Waals surface area contributed by atoms with Crippen LogP contribution in [0, 0.1) is 5.92 Å². The molecule has 1 rings (SSSR count). The largest absolute Gasteiger partial charge is 0.375 e. The standard InChI is InChI=1S/C38H76N2/c1-5-7-9-11-13-18-22-26-34-40(35-27-23-19-14-12-10-8-6-2)37(4)28-24-20-16-15-17-21-25-33-39-38-31-29-36(3)30-32-38/h36,38-39H,4-35H2,1-3H3. The minimum absolute atomic E-state index is 0.815. The van der Waals surface area contributed by atoms with E-state index in [-0.39, 0.29) is 0 Å². The van der Waals surface area contributed by atoms with E-state index in [1.807, 2.05) is 0 Å². The third-order valence-corrected chi connectivity index (χ3v) is 9.60. The zero-order valence-electron chi connectivity index (χ0n) is 28.2. The Morgan fingerprint density at radius 2 is 0.950 bits per heavy atom. The molecule has 238 valence electrons. The van der Waals surface area contributed by atoms with Crippen molar-refractivity contribution in [1.29, 1.82) is 0 Å². The van der Waals surface area contributed by atoms with Gasteiger partial charge in [0.2, 0.25) is 0 Å². The van der Waals surface area contributed by atoms with Gasteiger partial charge in [-0.2, -0.15) is 0 Å². The van der Waals surface area contributed by atoms with Crippen LogP contribution in [-0.4, -0.2) is 30.6 Å². The van der Waals surface area contributed by atoms with E-state index >= 15 is 0 Å². The van der Waals surface area contributed by atoms with Crippen LogP contribution in [-0.2, 0) is 0 Å². The van der Waals surface area contributed by atoms with Crippen LogP contribution in [0.15, 0.2) is 12.3 Å². The molecule has 1 N–H and O–H groups in total. The Balaban J connectivity index is 2.11. The van der Waals surface area contributed by atoms with Gasteiger partial charge in [-0.25, -0.2) is 0 Å². The lowest BCUT2D eigenvalue weighted by molar-refractivity contribution is 0.306. The Morgan fingerprint density at radius 1 is 0.550 bits per heavy atom. The average molecular weight is 561 g/mol. The molecule has 0 spiro atoms. The Hall–Kier alpha value is -0.500. The van der Waals surface area contributed by atoms with Crippen molar-refractivity contribution in [1.82, 2.24) is 10.2 Å². The lowest BCUT2D eigenvalue weighted by atomic mass is 9.87. The lowest BCUT2D eigenvalue weighted by Gasteiger charge is -2.27. The van der Waals surface area contributed by atoms with E-state index in [1.54, 1.807) is 0 Å². The monoisotopic (exact) mass is 561 g/mol. The molecule has 0 aromatic rings. The number of rotatable bonds is 30. The van der Waals surface area contributed by atoms with E-state index in [9.17, 15) is 0 Å². The molecule has 1 aliphatic rings. The first kappa shape index (κ1) is 37.5. The summed E-state index contributed by atoms with van der Waals surface area (Å²) in [4.78, 5) is 2.69. The molecule has 40 heavy (non-hydrogen) atoms. The average Bonchev–Trinajstić information content (AvgIpc) is 2.96. The van der Waals surface area contributed by atoms with Crippen LogP contribution in [0.2, 0.25) is 0 Å². The fraction of sp³-hybridized carbons (Fsp3) is 0.947. The van der Waals surface area contributed by atoms with Gasteiger partial charge in [0.15, 0.2) is 0 Å². The number of allylic oxidation sites excluding steroid dienone is 1. The number of hydrogen-bond acceptors (Lipinski definition) is 2. The van der Waals surface area contributed by atoms with Gasteiger partial charge in [-0.05, 0) is 70.3 Å². The molecule has 0 aliphatic heterocycles. The summed E-state index contributed by atoms with van der Waals surface area (Å²) < 4.78 is 0. The highest BCUT2D eigenvalue weighted by molar-refractivity contribution is 4.93. The first-order valence-corrected chi connectivity index (χ1v) is 18.8. The minimum Gasteiger partial charge on any atom is -0.375 e. The summed E-state index contributed by atoms with van der Waals surface area (Å²) in [6, 6.07) is 0.815. The van der Waals surface area contributed by atoms with Crippen molar-refractivity contribution < 1.29 is 0 Å². The van der Waals surface area contributed by atoms with E-state index in [4.69, 9.17) is 0 Å². The molecule has 0 heterocycles. The first-order valence-electron chi connectivity index (χ1n) is 18.8. The van der Waals surface area contributed by atoms with Crippen molar-refractivity contribution in [3.05, 3.63) is 12.3 Å². The highest BCUT2D eigenvalue weighted by atomic mass is 15.1. The van der Waals surface area contributed by atoms with E-state index in [1.165, 1.54) is 205 Å². The van der Waals surface area contributed by atoms with Crippen molar-refractivity contribution in [3.63, 3.8) is 0 Å². The van der Waals surface area contributed by atoms with Gasteiger partial charge in [-0.15, -0.1) is 0 Å². The van der Waals surface area contributed by atoms with Gasteiger partial charge < -0.3 is 10.2 Å². The maximum Gasteiger partial charge on any atom is 0.0174 e. The van der Waals surface area contributed by atoms with E-state index in [0.29, 0.717) is 0 Å². The van der Waals surface area contributed by atoms with Gasteiger partial charge in [0.25, 0.3) is 0 Å². The molecule has 1 aliphatic carbocycles. The zero-order valence-corrected chi connectivity index (χ0v) is 28.2. The van der Waals surface area contributed by atoms with Crippen molar-refractivity contribution in [2.45, 2.75) is 207 Å². The smallest absolute Gasteiger partial charge is 0.0174 e. The molecule has 1 saturated carbocycles. The third-order valence-electron chi connectivity index (χ3n) is 9.60. The summed E-state index contributed by atoms with van der Waals surface area (Å²) >= 11 is 0. The van der Waals surface area contributed by atoms with E-state index in [0.717, 1.165) is 12.0 Å². The second kappa shape index (κ2) is 28.6. The maximum absolute atomic E-state index is 4.58. The lowest BCUT2D eigenvalue weighted by Crippen LogP contribution is -2.33. The number of nitrogens with zero attached hydrogens (tertiary/aromatic N) is 1. The van der Waals surface area contributed by atoms with Gasteiger partial charge in [0.1, 0.15) is 0 Å². The first-order chi connectivity index (χ1) is 19.7. The van der Waals surface area contributed by atoms with Gasteiger partial charge in [-0.3, -0.25) is 0 Å². The Kier molecular flexibility index (Phi) is 26.8. The van der Waals surface area contributed by atoms with Crippen molar-refractivity contribution in [2.75, 3.05) is 19.6 Å². The molecule has 0 aromatic carbocycles. The fourth-order valence-corrected chi connectivity index (χ4v) is 6.57. The van der Waals surface area contributed by atoms with Crippen LogP contribution in [0.4, 0.5) is 0 Å². The van der Waals surface area contributed by atoms with Crippen LogP contribution in [0.3, 0.4) is 0 Å². The van der Waals surface area contributed by atoms with Gasteiger partial charge in [0, 0.05) is 24.8 Å². The van der Waals surface area contributed by atoms with Gasteiger partial charge in [-0.1, -0.05) is 149 Å². The second-order valence-electron chi connectivity index (χ2n) is 13.6. The Bertz CT molecular complexity index is 502. The molecule has 0 radical (unpaired) electrons.